The summed E-state index contributed by atoms with van der Waals surface area (Å²) < 4.78 is 0. The summed E-state index contributed by atoms with van der Waals surface area (Å²) in [6, 6.07) is 0. The second-order valence-corrected chi connectivity index (χ2v) is 3.88. The van der Waals surface area contributed by atoms with Gasteiger partial charge in [-0.3, -0.25) is 14.5 Å². The number of hydrogen-bond donors (Lipinski definition) is 3. The van der Waals surface area contributed by atoms with Gasteiger partial charge in [0, 0.05) is 26.6 Å². The summed E-state index contributed by atoms with van der Waals surface area (Å²) in [5, 5.41) is 14.3. The Balaban J connectivity index is 3.54. The van der Waals surface area contributed by atoms with Crippen LogP contribution in [-0.2, 0) is 9.59 Å². The van der Waals surface area contributed by atoms with E-state index < -0.39 is 6.10 Å². The first-order valence-electron chi connectivity index (χ1n) is 5.29. The number of likely N-dealkylation sites (N-methyl/N-ethyl adjacent to an activating group) is 1. The van der Waals surface area contributed by atoms with Crippen LogP contribution in [0.3, 0.4) is 0 Å². The molecule has 0 saturated carbocycles. The maximum absolute atomic E-state index is 11.3. The van der Waals surface area contributed by atoms with Crippen molar-refractivity contribution >= 4 is 11.8 Å². The second kappa shape index (κ2) is 8.06. The van der Waals surface area contributed by atoms with Crippen LogP contribution in [0.4, 0.5) is 0 Å². The lowest BCUT2D eigenvalue weighted by molar-refractivity contribution is -0.123. The van der Waals surface area contributed by atoms with E-state index in [-0.39, 0.29) is 18.4 Å². The van der Waals surface area contributed by atoms with Crippen LogP contribution >= 0.6 is 0 Å². The summed E-state index contributed by atoms with van der Waals surface area (Å²) >= 11 is 0. The number of amides is 2. The average molecular weight is 231 g/mol. The van der Waals surface area contributed by atoms with E-state index in [9.17, 15) is 9.59 Å². The Kier molecular flexibility index (Phi) is 7.49. The Bertz CT molecular complexity index is 231. The zero-order chi connectivity index (χ0) is 12.6. The molecular formula is C10H21N3O3. The van der Waals surface area contributed by atoms with Gasteiger partial charge in [-0.05, 0) is 14.0 Å². The zero-order valence-electron chi connectivity index (χ0n) is 10.1. The Morgan fingerprint density at radius 3 is 2.38 bits per heavy atom. The number of hydrogen-bond acceptors (Lipinski definition) is 4. The number of aliphatic hydroxyl groups is 1. The SMILES string of the molecule is CC(=O)NCCNC(=O)CN(C)CC(C)O. The highest BCUT2D eigenvalue weighted by molar-refractivity contribution is 5.78. The Hall–Kier alpha value is -1.14. The van der Waals surface area contributed by atoms with Gasteiger partial charge in [0.05, 0.1) is 12.6 Å². The molecule has 0 saturated heterocycles. The third-order valence-corrected chi connectivity index (χ3v) is 1.81. The van der Waals surface area contributed by atoms with Crippen LogP contribution in [0.25, 0.3) is 0 Å². The minimum atomic E-state index is -0.447. The Labute approximate surface area is 96.0 Å². The topological polar surface area (TPSA) is 81.7 Å². The summed E-state index contributed by atoms with van der Waals surface area (Å²) in [5.41, 5.74) is 0. The van der Waals surface area contributed by atoms with Gasteiger partial charge in [0.1, 0.15) is 0 Å². The monoisotopic (exact) mass is 231 g/mol. The Morgan fingerprint density at radius 1 is 1.31 bits per heavy atom. The van der Waals surface area contributed by atoms with Gasteiger partial charge in [-0.2, -0.15) is 0 Å². The van der Waals surface area contributed by atoms with Crippen molar-refractivity contribution < 1.29 is 14.7 Å². The molecule has 2 amide bonds. The molecule has 0 aromatic heterocycles. The van der Waals surface area contributed by atoms with Crippen molar-refractivity contribution in [3.63, 3.8) is 0 Å². The standard InChI is InChI=1S/C10H21N3O3/c1-8(14)6-13(3)7-10(16)12-5-4-11-9(2)15/h8,14H,4-7H2,1-3H3,(H,11,15)(H,12,16). The fourth-order valence-corrected chi connectivity index (χ4v) is 1.26. The molecule has 0 heterocycles. The molecule has 94 valence electrons. The van der Waals surface area contributed by atoms with E-state index >= 15 is 0 Å². The average Bonchev–Trinajstić information content (AvgIpc) is 2.10. The highest BCUT2D eigenvalue weighted by atomic mass is 16.3. The molecule has 16 heavy (non-hydrogen) atoms. The molecule has 6 nitrogen and oxygen atoms in total. The molecule has 6 heteroatoms. The van der Waals surface area contributed by atoms with Crippen molar-refractivity contribution in [2.45, 2.75) is 20.0 Å². The molecule has 0 radical (unpaired) electrons. The van der Waals surface area contributed by atoms with Crippen molar-refractivity contribution in [2.24, 2.45) is 0 Å². The molecule has 0 spiro atoms. The van der Waals surface area contributed by atoms with Crippen molar-refractivity contribution in [1.29, 1.82) is 0 Å². The van der Waals surface area contributed by atoms with Crippen molar-refractivity contribution in [3.8, 4) is 0 Å². The molecule has 0 rings (SSSR count). The number of aliphatic hydroxyl groups excluding tert-OH is 1. The molecule has 0 aromatic rings. The van der Waals surface area contributed by atoms with Crippen molar-refractivity contribution in [2.75, 3.05) is 33.2 Å². The predicted octanol–water partition coefficient (Wildman–Crippen LogP) is -1.45. The van der Waals surface area contributed by atoms with E-state index in [1.54, 1.807) is 18.9 Å². The molecule has 1 atom stereocenters. The minimum absolute atomic E-state index is 0.111. The van der Waals surface area contributed by atoms with Crippen LogP contribution in [0.2, 0.25) is 0 Å². The lowest BCUT2D eigenvalue weighted by Gasteiger charge is -2.17. The van der Waals surface area contributed by atoms with Crippen LogP contribution in [0.15, 0.2) is 0 Å². The van der Waals surface area contributed by atoms with Crippen LogP contribution in [0.1, 0.15) is 13.8 Å². The normalized spacial score (nSPS) is 12.3. The summed E-state index contributed by atoms with van der Waals surface area (Å²) in [7, 11) is 1.76. The van der Waals surface area contributed by atoms with Gasteiger partial charge < -0.3 is 15.7 Å². The number of nitrogens with zero attached hydrogens (tertiary/aromatic N) is 1. The summed E-state index contributed by atoms with van der Waals surface area (Å²) in [5.74, 6) is -0.228. The summed E-state index contributed by atoms with van der Waals surface area (Å²) in [6.45, 7) is 4.65. The number of rotatable bonds is 7. The number of carbonyl (C=O) groups is 2. The lowest BCUT2D eigenvalue weighted by atomic mass is 10.3. The largest absolute Gasteiger partial charge is 0.392 e. The quantitative estimate of drug-likeness (QED) is 0.468. The molecule has 0 aliphatic rings. The van der Waals surface area contributed by atoms with Crippen LogP contribution in [-0.4, -0.2) is 61.2 Å². The smallest absolute Gasteiger partial charge is 0.234 e. The fourth-order valence-electron chi connectivity index (χ4n) is 1.26. The van der Waals surface area contributed by atoms with Crippen molar-refractivity contribution in [1.82, 2.24) is 15.5 Å². The second-order valence-electron chi connectivity index (χ2n) is 3.88. The van der Waals surface area contributed by atoms with E-state index in [1.807, 2.05) is 0 Å². The van der Waals surface area contributed by atoms with Gasteiger partial charge in [0.2, 0.25) is 11.8 Å². The maximum Gasteiger partial charge on any atom is 0.234 e. The predicted molar refractivity (Wildman–Crippen MR) is 60.9 cm³/mol. The third-order valence-electron chi connectivity index (χ3n) is 1.81. The van der Waals surface area contributed by atoms with E-state index in [0.29, 0.717) is 19.6 Å². The third kappa shape index (κ3) is 9.42. The Morgan fingerprint density at radius 2 is 1.88 bits per heavy atom. The minimum Gasteiger partial charge on any atom is -0.392 e. The molecule has 3 N–H and O–H groups in total. The number of carbonyl (C=O) groups excluding carboxylic acids is 2. The van der Waals surface area contributed by atoms with Gasteiger partial charge in [-0.25, -0.2) is 0 Å². The van der Waals surface area contributed by atoms with E-state index in [2.05, 4.69) is 10.6 Å². The van der Waals surface area contributed by atoms with Gasteiger partial charge in [-0.1, -0.05) is 0 Å². The van der Waals surface area contributed by atoms with Gasteiger partial charge in [0.15, 0.2) is 0 Å². The highest BCUT2D eigenvalue weighted by Crippen LogP contribution is 1.86. The molecule has 0 aliphatic heterocycles. The zero-order valence-corrected chi connectivity index (χ0v) is 10.1. The van der Waals surface area contributed by atoms with E-state index in [1.165, 1.54) is 6.92 Å². The summed E-state index contributed by atoms with van der Waals surface area (Å²) in [4.78, 5) is 23.6. The first-order valence-corrected chi connectivity index (χ1v) is 5.29. The highest BCUT2D eigenvalue weighted by Gasteiger charge is 2.07. The van der Waals surface area contributed by atoms with E-state index in [0.717, 1.165) is 0 Å². The van der Waals surface area contributed by atoms with Gasteiger partial charge in [0.25, 0.3) is 0 Å². The maximum atomic E-state index is 11.3. The van der Waals surface area contributed by atoms with Gasteiger partial charge >= 0.3 is 0 Å². The van der Waals surface area contributed by atoms with E-state index in [4.69, 9.17) is 5.11 Å². The van der Waals surface area contributed by atoms with Crippen LogP contribution < -0.4 is 10.6 Å². The molecular weight excluding hydrogens is 210 g/mol. The lowest BCUT2D eigenvalue weighted by Crippen LogP contribution is -2.40. The first kappa shape index (κ1) is 14.9. The molecule has 1 unspecified atom stereocenters. The van der Waals surface area contributed by atoms with Crippen LogP contribution in [0, 0.1) is 0 Å². The van der Waals surface area contributed by atoms with Gasteiger partial charge in [-0.15, -0.1) is 0 Å². The number of nitrogens with one attached hydrogen (secondary N) is 2. The molecule has 0 aliphatic carbocycles. The molecule has 0 fully saturated rings. The van der Waals surface area contributed by atoms with Crippen LogP contribution in [0.5, 0.6) is 0 Å². The fraction of sp³-hybridized carbons (Fsp3) is 0.800. The van der Waals surface area contributed by atoms with Crippen molar-refractivity contribution in [3.05, 3.63) is 0 Å². The summed E-state index contributed by atoms with van der Waals surface area (Å²) in [6.07, 6.45) is -0.447. The first-order chi connectivity index (χ1) is 7.41. The molecule has 0 aromatic carbocycles. The molecule has 0 bridgehead atoms.